The summed E-state index contributed by atoms with van der Waals surface area (Å²) in [5, 5.41) is 12.0. The number of hydrogen-bond donors (Lipinski definition) is 2. The van der Waals surface area contributed by atoms with Crippen LogP contribution in [0.5, 0.6) is 0 Å². The summed E-state index contributed by atoms with van der Waals surface area (Å²) in [7, 11) is 0. The first kappa shape index (κ1) is 11.5. The van der Waals surface area contributed by atoms with Gasteiger partial charge >= 0.3 is 5.97 Å². The Morgan fingerprint density at radius 1 is 1.57 bits per heavy atom. The summed E-state index contributed by atoms with van der Waals surface area (Å²) in [6, 6.07) is 0.0237. The van der Waals surface area contributed by atoms with E-state index in [0.717, 1.165) is 26.1 Å². The minimum Gasteiger partial charge on any atom is -0.481 e. The van der Waals surface area contributed by atoms with Gasteiger partial charge in [0.1, 0.15) is 0 Å². The predicted octanol–water partition coefficient (Wildman–Crippen LogP) is 1.01. The Balaban J connectivity index is 2.36. The van der Waals surface area contributed by atoms with Crippen LogP contribution in [0.2, 0.25) is 0 Å². The minimum absolute atomic E-state index is 0.0237. The van der Waals surface area contributed by atoms with Gasteiger partial charge in [0.15, 0.2) is 0 Å². The van der Waals surface area contributed by atoms with Crippen LogP contribution in [0, 0.1) is 0 Å². The lowest BCUT2D eigenvalue weighted by Crippen LogP contribution is -2.51. The van der Waals surface area contributed by atoms with Crippen LogP contribution in [0.25, 0.3) is 0 Å². The van der Waals surface area contributed by atoms with Crippen LogP contribution in [-0.2, 0) is 9.53 Å². The summed E-state index contributed by atoms with van der Waals surface area (Å²) in [4.78, 5) is 10.5. The molecular weight excluding hydrogens is 182 g/mol. The highest BCUT2D eigenvalue weighted by molar-refractivity contribution is 5.67. The number of nitrogens with one attached hydrogen (secondary N) is 1. The van der Waals surface area contributed by atoms with Crippen LogP contribution < -0.4 is 5.32 Å². The Kier molecular flexibility index (Phi) is 3.89. The molecule has 1 unspecified atom stereocenters. The van der Waals surface area contributed by atoms with Crippen molar-refractivity contribution in [2.24, 2.45) is 0 Å². The molecule has 0 aromatic heterocycles. The molecule has 0 aromatic rings. The van der Waals surface area contributed by atoms with Gasteiger partial charge in [0.25, 0.3) is 0 Å². The van der Waals surface area contributed by atoms with Crippen molar-refractivity contribution >= 4 is 5.97 Å². The maximum atomic E-state index is 10.5. The Bertz CT molecular complexity index is 200. The van der Waals surface area contributed by atoms with E-state index in [0.29, 0.717) is 0 Å². The Labute approximate surface area is 84.6 Å². The van der Waals surface area contributed by atoms with E-state index in [1.807, 2.05) is 6.92 Å². The largest absolute Gasteiger partial charge is 0.481 e. The topological polar surface area (TPSA) is 58.6 Å². The van der Waals surface area contributed by atoms with Crippen molar-refractivity contribution in [1.29, 1.82) is 0 Å². The normalized spacial score (nSPS) is 23.0. The Hall–Kier alpha value is -0.610. The molecule has 1 atom stereocenters. The number of carboxylic acid groups (broad SMARTS) is 1. The Morgan fingerprint density at radius 2 is 2.14 bits per heavy atom. The van der Waals surface area contributed by atoms with Crippen LogP contribution >= 0.6 is 0 Å². The summed E-state index contributed by atoms with van der Waals surface area (Å²) in [6.07, 6.45) is 2.09. The number of hydrogen-bond acceptors (Lipinski definition) is 3. The first-order valence-corrected chi connectivity index (χ1v) is 5.09. The second-order valence-electron chi connectivity index (χ2n) is 4.32. The van der Waals surface area contributed by atoms with E-state index in [1.54, 1.807) is 0 Å². The number of aliphatic carboxylic acids is 1. The first-order chi connectivity index (χ1) is 6.52. The average molecular weight is 201 g/mol. The average Bonchev–Trinajstić information content (AvgIpc) is 2.02. The molecule has 0 amide bonds. The van der Waals surface area contributed by atoms with Gasteiger partial charge in [-0.3, -0.25) is 4.79 Å². The standard InChI is InChI=1S/C10H19NO3/c1-8(7-9(12)13)11-10(2)3-5-14-6-4-10/h8,11H,3-7H2,1-2H3,(H,12,13). The molecule has 1 rings (SSSR count). The second kappa shape index (κ2) is 4.75. The highest BCUT2D eigenvalue weighted by Crippen LogP contribution is 2.20. The SMILES string of the molecule is CC(CC(=O)O)NC1(C)CCOCC1. The third-order valence-corrected chi connectivity index (χ3v) is 2.67. The van der Waals surface area contributed by atoms with Gasteiger partial charge < -0.3 is 15.2 Å². The van der Waals surface area contributed by atoms with Gasteiger partial charge in [-0.1, -0.05) is 0 Å². The van der Waals surface area contributed by atoms with Gasteiger partial charge in [0.2, 0.25) is 0 Å². The van der Waals surface area contributed by atoms with Gasteiger partial charge in [0.05, 0.1) is 6.42 Å². The maximum absolute atomic E-state index is 10.5. The van der Waals surface area contributed by atoms with Gasteiger partial charge in [-0.05, 0) is 26.7 Å². The molecule has 1 aliphatic heterocycles. The number of carboxylic acids is 1. The van der Waals surface area contributed by atoms with E-state index in [2.05, 4.69) is 12.2 Å². The molecule has 0 radical (unpaired) electrons. The van der Waals surface area contributed by atoms with Crippen molar-refractivity contribution in [3.8, 4) is 0 Å². The molecule has 1 saturated heterocycles. The van der Waals surface area contributed by atoms with E-state index in [4.69, 9.17) is 9.84 Å². The Morgan fingerprint density at radius 3 is 2.64 bits per heavy atom. The lowest BCUT2D eigenvalue weighted by Gasteiger charge is -2.36. The monoisotopic (exact) mass is 201 g/mol. The summed E-state index contributed by atoms with van der Waals surface area (Å²) in [6.45, 7) is 5.58. The molecule has 1 fully saturated rings. The highest BCUT2D eigenvalue weighted by Gasteiger charge is 2.28. The van der Waals surface area contributed by atoms with E-state index in [9.17, 15) is 4.79 Å². The van der Waals surface area contributed by atoms with E-state index in [-0.39, 0.29) is 18.0 Å². The summed E-state index contributed by atoms with van der Waals surface area (Å²) >= 11 is 0. The van der Waals surface area contributed by atoms with Crippen molar-refractivity contribution in [3.05, 3.63) is 0 Å². The minimum atomic E-state index is -0.749. The third kappa shape index (κ3) is 3.64. The number of carbonyl (C=O) groups is 1. The van der Waals surface area contributed by atoms with Crippen molar-refractivity contribution in [2.75, 3.05) is 13.2 Å². The first-order valence-electron chi connectivity index (χ1n) is 5.09. The van der Waals surface area contributed by atoms with Gasteiger partial charge in [0, 0.05) is 24.8 Å². The molecule has 14 heavy (non-hydrogen) atoms. The summed E-state index contributed by atoms with van der Waals surface area (Å²) in [5.74, 6) is -0.749. The van der Waals surface area contributed by atoms with Crippen molar-refractivity contribution in [3.63, 3.8) is 0 Å². The molecule has 1 aliphatic rings. The molecule has 4 nitrogen and oxygen atoms in total. The molecule has 0 spiro atoms. The fraction of sp³-hybridized carbons (Fsp3) is 0.900. The quantitative estimate of drug-likeness (QED) is 0.712. The lowest BCUT2D eigenvalue weighted by atomic mass is 9.91. The van der Waals surface area contributed by atoms with Crippen LogP contribution in [-0.4, -0.2) is 35.9 Å². The fourth-order valence-corrected chi connectivity index (χ4v) is 1.87. The molecule has 2 N–H and O–H groups in total. The zero-order valence-electron chi connectivity index (χ0n) is 8.88. The molecular formula is C10H19NO3. The number of rotatable bonds is 4. The third-order valence-electron chi connectivity index (χ3n) is 2.67. The molecule has 0 bridgehead atoms. The second-order valence-corrected chi connectivity index (χ2v) is 4.32. The van der Waals surface area contributed by atoms with Crippen molar-refractivity contribution < 1.29 is 14.6 Å². The van der Waals surface area contributed by atoms with E-state index >= 15 is 0 Å². The maximum Gasteiger partial charge on any atom is 0.304 e. The summed E-state index contributed by atoms with van der Waals surface area (Å²) in [5.41, 5.74) is 0.0487. The molecule has 1 heterocycles. The van der Waals surface area contributed by atoms with Crippen molar-refractivity contribution in [2.45, 2.75) is 44.7 Å². The highest BCUT2D eigenvalue weighted by atomic mass is 16.5. The van der Waals surface area contributed by atoms with E-state index < -0.39 is 5.97 Å². The summed E-state index contributed by atoms with van der Waals surface area (Å²) < 4.78 is 5.27. The molecule has 0 aliphatic carbocycles. The van der Waals surface area contributed by atoms with Gasteiger partial charge in [-0.15, -0.1) is 0 Å². The zero-order valence-corrected chi connectivity index (χ0v) is 8.88. The molecule has 0 aromatic carbocycles. The van der Waals surface area contributed by atoms with Gasteiger partial charge in [-0.2, -0.15) is 0 Å². The van der Waals surface area contributed by atoms with Gasteiger partial charge in [-0.25, -0.2) is 0 Å². The predicted molar refractivity (Wildman–Crippen MR) is 53.3 cm³/mol. The lowest BCUT2D eigenvalue weighted by molar-refractivity contribution is -0.137. The number of ether oxygens (including phenoxy) is 1. The van der Waals surface area contributed by atoms with Crippen LogP contribution in [0.4, 0.5) is 0 Å². The van der Waals surface area contributed by atoms with Crippen LogP contribution in [0.1, 0.15) is 33.1 Å². The van der Waals surface area contributed by atoms with Crippen LogP contribution in [0.3, 0.4) is 0 Å². The molecule has 4 heteroatoms. The fourth-order valence-electron chi connectivity index (χ4n) is 1.87. The van der Waals surface area contributed by atoms with Crippen molar-refractivity contribution in [1.82, 2.24) is 5.32 Å². The van der Waals surface area contributed by atoms with E-state index in [1.165, 1.54) is 0 Å². The molecule has 0 saturated carbocycles. The molecule has 82 valence electrons. The zero-order chi connectivity index (χ0) is 10.6. The van der Waals surface area contributed by atoms with Crippen LogP contribution in [0.15, 0.2) is 0 Å². The smallest absolute Gasteiger partial charge is 0.304 e.